The van der Waals surface area contributed by atoms with E-state index in [0.29, 0.717) is 6.04 Å². The number of aryl methyl sites for hydroxylation is 2. The smallest absolute Gasteiger partial charge is 0.0422 e. The first-order chi connectivity index (χ1) is 9.69. The maximum Gasteiger partial charge on any atom is 0.0422 e. The number of rotatable bonds is 6. The van der Waals surface area contributed by atoms with Gasteiger partial charge in [-0.1, -0.05) is 42.3 Å². The van der Waals surface area contributed by atoms with E-state index in [2.05, 4.69) is 61.4 Å². The Morgan fingerprint density at radius 3 is 2.45 bits per heavy atom. The predicted molar refractivity (Wildman–Crippen MR) is 84.9 cm³/mol. The second kappa shape index (κ2) is 7.20. The third kappa shape index (κ3) is 4.17. The van der Waals surface area contributed by atoms with Crippen molar-refractivity contribution in [3.63, 3.8) is 0 Å². The molecule has 2 nitrogen and oxygen atoms in total. The fourth-order valence-corrected chi connectivity index (χ4v) is 2.57. The lowest BCUT2D eigenvalue weighted by Gasteiger charge is -2.20. The summed E-state index contributed by atoms with van der Waals surface area (Å²) in [4.78, 5) is 4.46. The van der Waals surface area contributed by atoms with Gasteiger partial charge >= 0.3 is 0 Å². The average molecular weight is 268 g/mol. The maximum absolute atomic E-state index is 4.46. The minimum Gasteiger partial charge on any atom is -0.310 e. The zero-order valence-corrected chi connectivity index (χ0v) is 12.7. The Bertz CT molecular complexity index is 514. The van der Waals surface area contributed by atoms with Gasteiger partial charge in [0.05, 0.1) is 0 Å². The number of hydrogen-bond donors (Lipinski definition) is 1. The summed E-state index contributed by atoms with van der Waals surface area (Å²) < 4.78 is 0. The van der Waals surface area contributed by atoms with Crippen molar-refractivity contribution in [2.75, 3.05) is 6.54 Å². The molecule has 20 heavy (non-hydrogen) atoms. The molecule has 1 atom stereocenters. The highest BCUT2D eigenvalue weighted by molar-refractivity contribution is 5.31. The van der Waals surface area contributed by atoms with E-state index in [1.807, 2.05) is 12.3 Å². The molecule has 0 aliphatic rings. The zero-order chi connectivity index (χ0) is 14.4. The minimum absolute atomic E-state index is 0.337. The van der Waals surface area contributed by atoms with Gasteiger partial charge in [-0.2, -0.15) is 0 Å². The van der Waals surface area contributed by atoms with Crippen LogP contribution < -0.4 is 5.32 Å². The van der Waals surface area contributed by atoms with Gasteiger partial charge in [-0.25, -0.2) is 0 Å². The molecule has 0 bridgehead atoms. The number of nitrogens with one attached hydrogen (secondary N) is 1. The third-order valence-corrected chi connectivity index (χ3v) is 3.43. The average Bonchev–Trinajstić information content (AvgIpc) is 2.43. The van der Waals surface area contributed by atoms with Crippen molar-refractivity contribution in [3.05, 3.63) is 65.0 Å². The number of aromatic nitrogens is 1. The van der Waals surface area contributed by atoms with Gasteiger partial charge in [-0.3, -0.25) is 4.98 Å². The van der Waals surface area contributed by atoms with Crippen LogP contribution in [0.15, 0.2) is 42.6 Å². The molecule has 1 aromatic heterocycles. The van der Waals surface area contributed by atoms with Crippen LogP contribution in [0.2, 0.25) is 0 Å². The first kappa shape index (κ1) is 14.7. The van der Waals surface area contributed by atoms with Crippen molar-refractivity contribution in [2.24, 2.45) is 0 Å². The van der Waals surface area contributed by atoms with Gasteiger partial charge in [-0.05, 0) is 44.5 Å². The van der Waals surface area contributed by atoms with Gasteiger partial charge in [0.25, 0.3) is 0 Å². The summed E-state index contributed by atoms with van der Waals surface area (Å²) in [6.45, 7) is 7.55. The molecule has 0 aliphatic heterocycles. The molecule has 1 aromatic carbocycles. The van der Waals surface area contributed by atoms with E-state index < -0.39 is 0 Å². The molecule has 106 valence electrons. The highest BCUT2D eigenvalue weighted by Gasteiger charge is 2.13. The van der Waals surface area contributed by atoms with E-state index in [1.165, 1.54) is 16.7 Å². The fourth-order valence-electron chi connectivity index (χ4n) is 2.57. The number of hydrogen-bond acceptors (Lipinski definition) is 2. The first-order valence-corrected chi connectivity index (χ1v) is 7.40. The normalized spacial score (nSPS) is 12.3. The Labute approximate surface area is 122 Å². The Morgan fingerprint density at radius 1 is 1.10 bits per heavy atom. The summed E-state index contributed by atoms with van der Waals surface area (Å²) in [5.74, 6) is 0. The Kier molecular flexibility index (Phi) is 5.31. The summed E-state index contributed by atoms with van der Waals surface area (Å²) >= 11 is 0. The topological polar surface area (TPSA) is 24.9 Å². The van der Waals surface area contributed by atoms with Crippen LogP contribution in [0.4, 0.5) is 0 Å². The Balaban J connectivity index is 2.22. The molecule has 0 spiro atoms. The predicted octanol–water partition coefficient (Wildman–Crippen LogP) is 3.98. The van der Waals surface area contributed by atoms with Crippen molar-refractivity contribution in [2.45, 2.75) is 39.7 Å². The molecule has 1 N–H and O–H groups in total. The number of benzene rings is 1. The number of pyridine rings is 1. The lowest BCUT2D eigenvalue weighted by atomic mass is 9.97. The molecule has 2 heteroatoms. The van der Waals surface area contributed by atoms with Crippen LogP contribution in [-0.2, 0) is 6.42 Å². The van der Waals surface area contributed by atoms with E-state index in [4.69, 9.17) is 0 Å². The fraction of sp³-hybridized carbons (Fsp3) is 0.389. The van der Waals surface area contributed by atoms with Gasteiger partial charge in [0.15, 0.2) is 0 Å². The van der Waals surface area contributed by atoms with Crippen molar-refractivity contribution in [3.8, 4) is 0 Å². The monoisotopic (exact) mass is 268 g/mol. The molecule has 2 rings (SSSR count). The molecule has 0 aliphatic carbocycles. The van der Waals surface area contributed by atoms with E-state index in [-0.39, 0.29) is 0 Å². The van der Waals surface area contributed by atoms with Crippen LogP contribution in [0.1, 0.15) is 41.8 Å². The van der Waals surface area contributed by atoms with Gasteiger partial charge in [-0.15, -0.1) is 0 Å². The Morgan fingerprint density at radius 2 is 1.85 bits per heavy atom. The van der Waals surface area contributed by atoms with Crippen LogP contribution in [0.5, 0.6) is 0 Å². The highest BCUT2D eigenvalue weighted by atomic mass is 14.9. The zero-order valence-electron chi connectivity index (χ0n) is 12.7. The summed E-state index contributed by atoms with van der Waals surface area (Å²) in [5, 5.41) is 3.65. The molecule has 0 amide bonds. The van der Waals surface area contributed by atoms with Crippen LogP contribution in [0.25, 0.3) is 0 Å². The number of nitrogens with zero attached hydrogens (tertiary/aromatic N) is 1. The van der Waals surface area contributed by atoms with Crippen LogP contribution in [0.3, 0.4) is 0 Å². The van der Waals surface area contributed by atoms with Gasteiger partial charge in [0.1, 0.15) is 0 Å². The molecule has 0 radical (unpaired) electrons. The highest BCUT2D eigenvalue weighted by Crippen LogP contribution is 2.20. The lowest BCUT2D eigenvalue weighted by Crippen LogP contribution is -2.24. The van der Waals surface area contributed by atoms with E-state index >= 15 is 0 Å². The SMILES string of the molecule is CCCNC(Cc1ccccn1)c1cc(C)cc(C)c1. The summed E-state index contributed by atoms with van der Waals surface area (Å²) in [7, 11) is 0. The quantitative estimate of drug-likeness (QED) is 0.857. The minimum atomic E-state index is 0.337. The largest absolute Gasteiger partial charge is 0.310 e. The van der Waals surface area contributed by atoms with Gasteiger partial charge < -0.3 is 5.32 Å². The van der Waals surface area contributed by atoms with Crippen LogP contribution >= 0.6 is 0 Å². The lowest BCUT2D eigenvalue weighted by molar-refractivity contribution is 0.524. The molecule has 0 saturated carbocycles. The van der Waals surface area contributed by atoms with Crippen LogP contribution in [0, 0.1) is 13.8 Å². The van der Waals surface area contributed by atoms with E-state index in [1.54, 1.807) is 0 Å². The Hall–Kier alpha value is -1.67. The van der Waals surface area contributed by atoms with Gasteiger partial charge in [0.2, 0.25) is 0 Å². The summed E-state index contributed by atoms with van der Waals surface area (Å²) in [5.41, 5.74) is 5.15. The summed E-state index contributed by atoms with van der Waals surface area (Å²) in [6.07, 6.45) is 3.95. The van der Waals surface area contributed by atoms with Crippen LogP contribution in [-0.4, -0.2) is 11.5 Å². The molecular weight excluding hydrogens is 244 g/mol. The second-order valence-electron chi connectivity index (χ2n) is 5.45. The van der Waals surface area contributed by atoms with E-state index in [0.717, 1.165) is 25.1 Å². The molecular formula is C18H24N2. The van der Waals surface area contributed by atoms with Crippen molar-refractivity contribution in [1.29, 1.82) is 0 Å². The first-order valence-electron chi connectivity index (χ1n) is 7.40. The van der Waals surface area contributed by atoms with E-state index in [9.17, 15) is 0 Å². The van der Waals surface area contributed by atoms with Crippen molar-refractivity contribution in [1.82, 2.24) is 10.3 Å². The molecule has 2 aromatic rings. The molecule has 0 saturated heterocycles. The van der Waals surface area contributed by atoms with Gasteiger partial charge in [0, 0.05) is 24.4 Å². The third-order valence-electron chi connectivity index (χ3n) is 3.43. The second-order valence-corrected chi connectivity index (χ2v) is 5.45. The van der Waals surface area contributed by atoms with Crippen molar-refractivity contribution >= 4 is 0 Å². The molecule has 1 unspecified atom stereocenters. The summed E-state index contributed by atoms with van der Waals surface area (Å²) in [6, 6.07) is 13.2. The molecule has 0 fully saturated rings. The standard InChI is InChI=1S/C18H24N2/c1-4-8-20-18(13-17-7-5-6-9-19-17)16-11-14(2)10-15(3)12-16/h5-7,9-12,18,20H,4,8,13H2,1-3H3. The maximum atomic E-state index is 4.46. The molecule has 1 heterocycles. The van der Waals surface area contributed by atoms with Crippen molar-refractivity contribution < 1.29 is 0 Å².